The topological polar surface area (TPSA) is 132 Å². The lowest BCUT2D eigenvalue weighted by molar-refractivity contribution is -0.0598. The normalized spacial score (nSPS) is 11.8. The standard InChI is InChI=1S/C27H58N2O10/c1-33-16-4-8-29(9-21-34-18-5-13-30)10-22-35-19-6-20-39-27-38-17-3-2-7-28(11-23-36-25-14-31)12-24-37-26-15-32/h30-32H,2-27H2,1H3. The lowest BCUT2D eigenvalue weighted by Gasteiger charge is -2.22. The maximum Gasteiger partial charge on any atom is 0.146 e. The summed E-state index contributed by atoms with van der Waals surface area (Å²) in [4.78, 5) is 4.58. The van der Waals surface area contributed by atoms with Gasteiger partial charge in [0, 0.05) is 72.9 Å². The highest BCUT2D eigenvalue weighted by Gasteiger charge is 2.06. The van der Waals surface area contributed by atoms with Crippen LogP contribution in [-0.2, 0) is 33.2 Å². The summed E-state index contributed by atoms with van der Waals surface area (Å²) in [6.07, 6.45) is 4.39. The molecule has 0 amide bonds. The molecule has 0 aliphatic heterocycles. The molecule has 0 saturated heterocycles. The first kappa shape index (κ1) is 38.5. The molecule has 39 heavy (non-hydrogen) atoms. The third-order valence-corrected chi connectivity index (χ3v) is 5.71. The number of methoxy groups -OCH3 is 1. The molecular weight excluding hydrogens is 512 g/mol. The van der Waals surface area contributed by atoms with E-state index in [1.807, 2.05) is 0 Å². The van der Waals surface area contributed by atoms with Gasteiger partial charge in [0.1, 0.15) is 6.79 Å². The third-order valence-electron chi connectivity index (χ3n) is 5.71. The van der Waals surface area contributed by atoms with Crippen LogP contribution in [0.2, 0.25) is 0 Å². The van der Waals surface area contributed by atoms with Gasteiger partial charge in [-0.05, 0) is 38.6 Å². The monoisotopic (exact) mass is 570 g/mol. The van der Waals surface area contributed by atoms with Gasteiger partial charge < -0.3 is 48.5 Å². The lowest BCUT2D eigenvalue weighted by atomic mass is 10.3. The van der Waals surface area contributed by atoms with E-state index in [9.17, 15) is 0 Å². The van der Waals surface area contributed by atoms with Crippen molar-refractivity contribution in [2.45, 2.75) is 32.1 Å². The van der Waals surface area contributed by atoms with Crippen LogP contribution < -0.4 is 0 Å². The van der Waals surface area contributed by atoms with Gasteiger partial charge in [-0.3, -0.25) is 9.80 Å². The van der Waals surface area contributed by atoms with Gasteiger partial charge in [-0.1, -0.05) is 0 Å². The minimum atomic E-state index is 0.0322. The second-order valence-electron chi connectivity index (χ2n) is 9.00. The number of unbranched alkanes of at least 4 members (excludes halogenated alkanes) is 1. The first-order valence-electron chi connectivity index (χ1n) is 14.5. The summed E-state index contributed by atoms with van der Waals surface area (Å²) in [6.45, 7) is 12.0. The average Bonchev–Trinajstić information content (AvgIpc) is 2.94. The number of hydrogen-bond acceptors (Lipinski definition) is 12. The van der Waals surface area contributed by atoms with Gasteiger partial charge in [-0.15, -0.1) is 0 Å². The minimum absolute atomic E-state index is 0.0322. The Hall–Kier alpha value is -0.480. The fraction of sp³-hybridized carbons (Fsp3) is 1.00. The lowest BCUT2D eigenvalue weighted by Crippen LogP contribution is -2.32. The van der Waals surface area contributed by atoms with Crippen molar-refractivity contribution in [1.82, 2.24) is 9.80 Å². The molecule has 0 aliphatic carbocycles. The van der Waals surface area contributed by atoms with Gasteiger partial charge in [-0.2, -0.15) is 0 Å². The molecule has 236 valence electrons. The Morgan fingerprint density at radius 2 is 0.846 bits per heavy atom. The summed E-state index contributed by atoms with van der Waals surface area (Å²) < 4.78 is 38.3. The number of nitrogens with zero attached hydrogens (tertiary/aromatic N) is 2. The van der Waals surface area contributed by atoms with Crippen LogP contribution in [0, 0.1) is 0 Å². The van der Waals surface area contributed by atoms with Crippen molar-refractivity contribution in [1.29, 1.82) is 0 Å². The van der Waals surface area contributed by atoms with Crippen molar-refractivity contribution in [2.75, 3.05) is 146 Å². The van der Waals surface area contributed by atoms with Crippen molar-refractivity contribution in [2.24, 2.45) is 0 Å². The van der Waals surface area contributed by atoms with Crippen LogP contribution in [0.5, 0.6) is 0 Å². The number of aliphatic hydroxyl groups excluding tert-OH is 3. The van der Waals surface area contributed by atoms with Crippen molar-refractivity contribution in [3.63, 3.8) is 0 Å². The van der Waals surface area contributed by atoms with Crippen molar-refractivity contribution in [3.05, 3.63) is 0 Å². The van der Waals surface area contributed by atoms with Gasteiger partial charge in [0.2, 0.25) is 0 Å². The SMILES string of the molecule is COCCCN(CCOCCCO)CCOCCCOCOCCCCN(CCOCCO)CCOCCO. The molecule has 0 atom stereocenters. The maximum atomic E-state index is 8.83. The van der Waals surface area contributed by atoms with Crippen molar-refractivity contribution < 1.29 is 48.5 Å². The Morgan fingerprint density at radius 3 is 1.36 bits per heavy atom. The second-order valence-corrected chi connectivity index (χ2v) is 9.00. The molecule has 0 saturated carbocycles. The van der Waals surface area contributed by atoms with E-state index < -0.39 is 0 Å². The summed E-state index contributed by atoms with van der Waals surface area (Å²) in [7, 11) is 1.72. The zero-order chi connectivity index (χ0) is 28.5. The van der Waals surface area contributed by atoms with E-state index in [1.165, 1.54) is 0 Å². The molecule has 3 N–H and O–H groups in total. The van der Waals surface area contributed by atoms with E-state index in [-0.39, 0.29) is 26.6 Å². The highest BCUT2D eigenvalue weighted by molar-refractivity contribution is 4.59. The average molecular weight is 571 g/mol. The highest BCUT2D eigenvalue weighted by Crippen LogP contribution is 1.99. The largest absolute Gasteiger partial charge is 0.396 e. The number of hydrogen-bond donors (Lipinski definition) is 3. The molecule has 0 aromatic heterocycles. The third kappa shape index (κ3) is 30.3. The molecule has 0 heterocycles. The Bertz CT molecular complexity index is 443. The van der Waals surface area contributed by atoms with E-state index in [2.05, 4.69) is 9.80 Å². The van der Waals surface area contributed by atoms with Crippen LogP contribution >= 0.6 is 0 Å². The summed E-state index contributed by atoms with van der Waals surface area (Å²) in [5.74, 6) is 0. The molecule has 0 aliphatic rings. The van der Waals surface area contributed by atoms with E-state index in [4.69, 9.17) is 48.5 Å². The molecule has 12 heteroatoms. The van der Waals surface area contributed by atoms with E-state index >= 15 is 0 Å². The van der Waals surface area contributed by atoms with Crippen LogP contribution in [0.3, 0.4) is 0 Å². The quantitative estimate of drug-likeness (QED) is 0.0722. The molecule has 0 rings (SSSR count). The molecule has 0 unspecified atom stereocenters. The van der Waals surface area contributed by atoms with Crippen molar-refractivity contribution in [3.8, 4) is 0 Å². The second kappa shape index (κ2) is 33.7. The summed E-state index contributed by atoms with van der Waals surface area (Å²) in [6, 6.07) is 0. The zero-order valence-electron chi connectivity index (χ0n) is 24.5. The first-order chi connectivity index (χ1) is 19.3. The predicted octanol–water partition coefficient (Wildman–Crippen LogP) is 0.221. The van der Waals surface area contributed by atoms with Gasteiger partial charge in [0.25, 0.3) is 0 Å². The summed E-state index contributed by atoms with van der Waals surface area (Å²) in [5.41, 5.74) is 0. The van der Waals surface area contributed by atoms with E-state index in [0.29, 0.717) is 72.5 Å². The molecule has 0 bridgehead atoms. The fourth-order valence-electron chi connectivity index (χ4n) is 3.56. The molecule has 0 spiro atoms. The van der Waals surface area contributed by atoms with Crippen molar-refractivity contribution >= 4 is 0 Å². The summed E-state index contributed by atoms with van der Waals surface area (Å²) >= 11 is 0. The Kier molecular flexibility index (Phi) is 33.3. The van der Waals surface area contributed by atoms with Crippen LogP contribution in [0.15, 0.2) is 0 Å². The minimum Gasteiger partial charge on any atom is -0.396 e. The molecule has 0 aromatic carbocycles. The Balaban J connectivity index is 3.70. The van der Waals surface area contributed by atoms with Gasteiger partial charge in [0.15, 0.2) is 0 Å². The van der Waals surface area contributed by atoms with Crippen LogP contribution in [0.25, 0.3) is 0 Å². The smallest absolute Gasteiger partial charge is 0.146 e. The van der Waals surface area contributed by atoms with Crippen LogP contribution in [-0.4, -0.2) is 171 Å². The number of aliphatic hydroxyl groups is 3. The molecule has 12 nitrogen and oxygen atoms in total. The maximum absolute atomic E-state index is 8.83. The fourth-order valence-corrected chi connectivity index (χ4v) is 3.56. The first-order valence-corrected chi connectivity index (χ1v) is 14.5. The predicted molar refractivity (Wildman–Crippen MR) is 149 cm³/mol. The summed E-state index contributed by atoms with van der Waals surface area (Å²) in [5, 5.41) is 26.5. The van der Waals surface area contributed by atoms with Crippen LogP contribution in [0.1, 0.15) is 32.1 Å². The molecular formula is C27H58N2O10. The number of rotatable bonds is 34. The highest BCUT2D eigenvalue weighted by atomic mass is 16.7. The van der Waals surface area contributed by atoms with Gasteiger partial charge >= 0.3 is 0 Å². The Morgan fingerprint density at radius 1 is 0.385 bits per heavy atom. The molecule has 0 aromatic rings. The molecule has 0 fully saturated rings. The van der Waals surface area contributed by atoms with E-state index in [0.717, 1.165) is 71.6 Å². The number of ether oxygens (including phenoxy) is 7. The van der Waals surface area contributed by atoms with Gasteiger partial charge in [0.05, 0.1) is 59.5 Å². The molecule has 0 radical (unpaired) electrons. The van der Waals surface area contributed by atoms with Gasteiger partial charge in [-0.25, -0.2) is 0 Å². The zero-order valence-corrected chi connectivity index (χ0v) is 24.5. The van der Waals surface area contributed by atoms with E-state index in [1.54, 1.807) is 7.11 Å². The Labute approximate surface area is 236 Å². The van der Waals surface area contributed by atoms with Crippen LogP contribution in [0.4, 0.5) is 0 Å².